The number of aliphatic hydroxyl groups excluding tert-OH is 1. The van der Waals surface area contributed by atoms with Crippen molar-refractivity contribution in [1.29, 1.82) is 0 Å². The minimum absolute atomic E-state index is 0.0404. The Morgan fingerprint density at radius 2 is 1.95 bits per heavy atom. The Labute approximate surface area is 125 Å². The fourth-order valence-corrected chi connectivity index (χ4v) is 3.65. The molecule has 9 nitrogen and oxygen atoms in total. The van der Waals surface area contributed by atoms with E-state index in [1.165, 1.54) is 4.90 Å². The van der Waals surface area contributed by atoms with Gasteiger partial charge in [0.15, 0.2) is 11.9 Å². The first-order valence-corrected chi connectivity index (χ1v) is 6.83. The number of aliphatic hydroxyl groups is 3. The summed E-state index contributed by atoms with van der Waals surface area (Å²) in [5.74, 6) is -2.21. The second kappa shape index (κ2) is 3.88. The number of rotatable bonds is 1. The number of anilines is 1. The third-order valence-electron chi connectivity index (χ3n) is 4.51. The summed E-state index contributed by atoms with van der Waals surface area (Å²) in [5.41, 5.74) is 11.1. The number of para-hydroxylation sites is 1. The highest BCUT2D eigenvalue weighted by Crippen LogP contribution is 2.53. The second-order valence-electron chi connectivity index (χ2n) is 5.61. The normalized spacial score (nSPS) is 34.2. The molecule has 3 aliphatic heterocycles. The fraction of sp³-hybridized carbons (Fsp3) is 0.385. The maximum Gasteiger partial charge on any atom is 0.238 e. The van der Waals surface area contributed by atoms with E-state index in [1.54, 1.807) is 24.3 Å². The summed E-state index contributed by atoms with van der Waals surface area (Å²) in [5, 5.41) is 34.2. The minimum atomic E-state index is -2.31. The van der Waals surface area contributed by atoms with Gasteiger partial charge in [-0.05, 0) is 6.07 Å². The van der Waals surface area contributed by atoms with Crippen molar-refractivity contribution < 1.29 is 15.3 Å². The van der Waals surface area contributed by atoms with Crippen molar-refractivity contribution in [3.8, 4) is 0 Å². The van der Waals surface area contributed by atoms with Crippen LogP contribution in [0.3, 0.4) is 0 Å². The summed E-state index contributed by atoms with van der Waals surface area (Å²) in [4.78, 5) is 9.92. The first-order valence-electron chi connectivity index (χ1n) is 6.83. The zero-order chi connectivity index (χ0) is 15.7. The Morgan fingerprint density at radius 3 is 2.68 bits per heavy atom. The summed E-state index contributed by atoms with van der Waals surface area (Å²) < 4.78 is 0. The standard InChI is InChI=1S/C13H16N6O3/c14-10-17-9-7(5-20)16-11(15)19-8-4-2-1-3-6(8)13(21,22)12(9,19)18-10/h1-4,7,9,20-22H,5H2,(H2,15,16)(H3,14,17,18)/t7-,9?,12-/m0/s1. The molecule has 3 atom stereocenters. The summed E-state index contributed by atoms with van der Waals surface area (Å²) >= 11 is 0. The van der Waals surface area contributed by atoms with Crippen molar-refractivity contribution in [2.75, 3.05) is 11.5 Å². The van der Waals surface area contributed by atoms with E-state index < -0.39 is 23.5 Å². The van der Waals surface area contributed by atoms with Gasteiger partial charge in [0, 0.05) is 5.56 Å². The molecule has 1 spiro atoms. The monoisotopic (exact) mass is 304 g/mol. The van der Waals surface area contributed by atoms with Gasteiger partial charge in [0.05, 0.1) is 12.3 Å². The van der Waals surface area contributed by atoms with Gasteiger partial charge in [0.2, 0.25) is 11.4 Å². The smallest absolute Gasteiger partial charge is 0.238 e. The van der Waals surface area contributed by atoms with Gasteiger partial charge in [-0.25, -0.2) is 9.98 Å². The summed E-state index contributed by atoms with van der Waals surface area (Å²) in [6.45, 7) is -0.341. The summed E-state index contributed by atoms with van der Waals surface area (Å²) in [6.07, 6.45) is 0. The highest BCUT2D eigenvalue weighted by Gasteiger charge is 2.71. The molecule has 8 N–H and O–H groups in total. The quantitative estimate of drug-likeness (QED) is 0.309. The number of fused-ring (bicyclic) bond motifs is 2. The number of nitrogens with zero attached hydrogens (tertiary/aromatic N) is 3. The van der Waals surface area contributed by atoms with E-state index in [0.717, 1.165) is 0 Å². The molecule has 0 aromatic heterocycles. The lowest BCUT2D eigenvalue weighted by molar-refractivity contribution is -0.219. The Kier molecular flexibility index (Phi) is 2.35. The van der Waals surface area contributed by atoms with E-state index in [-0.39, 0.29) is 24.1 Å². The van der Waals surface area contributed by atoms with Gasteiger partial charge in [-0.3, -0.25) is 4.90 Å². The molecule has 1 aromatic rings. The number of hydrogen-bond donors (Lipinski definition) is 6. The molecule has 1 unspecified atom stereocenters. The molecule has 0 bridgehead atoms. The maximum atomic E-state index is 10.9. The topological polar surface area (TPSA) is 153 Å². The second-order valence-corrected chi connectivity index (χ2v) is 5.61. The third kappa shape index (κ3) is 1.24. The van der Waals surface area contributed by atoms with Gasteiger partial charge in [0.1, 0.15) is 12.1 Å². The molecule has 22 heavy (non-hydrogen) atoms. The van der Waals surface area contributed by atoms with Crippen LogP contribution in [-0.2, 0) is 5.79 Å². The molecule has 116 valence electrons. The number of nitrogens with one attached hydrogen (secondary N) is 1. The molecule has 0 fully saturated rings. The van der Waals surface area contributed by atoms with E-state index in [4.69, 9.17) is 11.5 Å². The van der Waals surface area contributed by atoms with Crippen LogP contribution in [0.1, 0.15) is 5.56 Å². The molecule has 3 heterocycles. The van der Waals surface area contributed by atoms with E-state index in [0.29, 0.717) is 5.69 Å². The van der Waals surface area contributed by atoms with Crippen LogP contribution in [0.25, 0.3) is 0 Å². The van der Waals surface area contributed by atoms with E-state index in [2.05, 4.69) is 15.3 Å². The zero-order valence-corrected chi connectivity index (χ0v) is 11.5. The van der Waals surface area contributed by atoms with E-state index in [9.17, 15) is 15.3 Å². The number of guanidine groups is 2. The van der Waals surface area contributed by atoms with Crippen LogP contribution < -0.4 is 21.7 Å². The molecule has 0 saturated carbocycles. The predicted molar refractivity (Wildman–Crippen MR) is 78.8 cm³/mol. The Hall–Kier alpha value is -2.36. The van der Waals surface area contributed by atoms with Crippen molar-refractivity contribution in [3.05, 3.63) is 29.8 Å². The number of nitrogens with two attached hydrogens (primary N) is 2. The lowest BCUT2D eigenvalue weighted by Crippen LogP contribution is -2.77. The number of benzene rings is 1. The fourth-order valence-electron chi connectivity index (χ4n) is 3.65. The number of hydrogen-bond acceptors (Lipinski definition) is 9. The molecule has 9 heteroatoms. The summed E-state index contributed by atoms with van der Waals surface area (Å²) in [6, 6.07) is 5.23. The average molecular weight is 304 g/mol. The van der Waals surface area contributed by atoms with Gasteiger partial charge >= 0.3 is 0 Å². The molecule has 3 aliphatic rings. The van der Waals surface area contributed by atoms with Crippen molar-refractivity contribution in [2.24, 2.45) is 21.5 Å². The van der Waals surface area contributed by atoms with Gasteiger partial charge in [-0.1, -0.05) is 18.2 Å². The van der Waals surface area contributed by atoms with E-state index >= 15 is 0 Å². The number of aliphatic imine (C=N–C) groups is 2. The Balaban J connectivity index is 2.02. The van der Waals surface area contributed by atoms with E-state index in [1.807, 2.05) is 0 Å². The van der Waals surface area contributed by atoms with Crippen LogP contribution in [-0.4, -0.2) is 51.6 Å². The van der Waals surface area contributed by atoms with Crippen LogP contribution in [0.4, 0.5) is 5.69 Å². The first kappa shape index (κ1) is 13.3. The van der Waals surface area contributed by atoms with Crippen LogP contribution in [0.15, 0.2) is 34.3 Å². The summed E-state index contributed by atoms with van der Waals surface area (Å²) in [7, 11) is 0. The van der Waals surface area contributed by atoms with Crippen molar-refractivity contribution in [2.45, 2.75) is 23.5 Å². The molecular formula is C13H16N6O3. The maximum absolute atomic E-state index is 10.9. The van der Waals surface area contributed by atoms with Crippen LogP contribution in [0, 0.1) is 0 Å². The SMILES string of the molecule is NC1=NC2[C@H](CO)N=C(N)N3c4ccccc4C(O)(O)[C@]23N1. The van der Waals surface area contributed by atoms with Crippen LogP contribution in [0.2, 0.25) is 0 Å². The average Bonchev–Trinajstić information content (AvgIpc) is 2.93. The predicted octanol–water partition coefficient (Wildman–Crippen LogP) is -2.68. The van der Waals surface area contributed by atoms with Crippen LogP contribution >= 0.6 is 0 Å². The van der Waals surface area contributed by atoms with Gasteiger partial charge < -0.3 is 32.1 Å². The van der Waals surface area contributed by atoms with Crippen molar-refractivity contribution >= 4 is 17.6 Å². The lowest BCUT2D eigenvalue weighted by Gasteiger charge is -2.48. The minimum Gasteiger partial charge on any atom is -0.394 e. The van der Waals surface area contributed by atoms with Gasteiger partial charge in [-0.2, -0.15) is 0 Å². The van der Waals surface area contributed by atoms with Crippen molar-refractivity contribution in [1.82, 2.24) is 5.32 Å². The largest absolute Gasteiger partial charge is 0.394 e. The van der Waals surface area contributed by atoms with Crippen LogP contribution in [0.5, 0.6) is 0 Å². The molecule has 0 amide bonds. The molecule has 1 aromatic carbocycles. The molecule has 4 rings (SSSR count). The van der Waals surface area contributed by atoms with Gasteiger partial charge in [-0.15, -0.1) is 0 Å². The molecule has 0 saturated heterocycles. The first-order chi connectivity index (χ1) is 10.4. The third-order valence-corrected chi connectivity index (χ3v) is 4.51. The zero-order valence-electron chi connectivity index (χ0n) is 11.5. The molecule has 0 radical (unpaired) electrons. The lowest BCUT2D eigenvalue weighted by atomic mass is 9.85. The Bertz CT molecular complexity index is 717. The molecular weight excluding hydrogens is 288 g/mol. The molecule has 0 aliphatic carbocycles. The highest BCUT2D eigenvalue weighted by molar-refractivity contribution is 6.02. The Morgan fingerprint density at radius 1 is 1.23 bits per heavy atom. The van der Waals surface area contributed by atoms with Crippen molar-refractivity contribution in [3.63, 3.8) is 0 Å². The van der Waals surface area contributed by atoms with Gasteiger partial charge in [0.25, 0.3) is 0 Å². The highest BCUT2D eigenvalue weighted by atomic mass is 16.5.